The van der Waals surface area contributed by atoms with Crippen LogP contribution >= 0.6 is 0 Å². The zero-order chi connectivity index (χ0) is 60.7. The number of nitrogens with zero attached hydrogens (tertiary/aromatic N) is 15. The Kier molecular flexibility index (Phi) is 20.5. The summed E-state index contributed by atoms with van der Waals surface area (Å²) >= 11 is 0. The molecule has 22 nitrogen and oxygen atoms in total. The van der Waals surface area contributed by atoms with E-state index in [2.05, 4.69) is 155 Å². The van der Waals surface area contributed by atoms with Gasteiger partial charge >= 0.3 is 0 Å². The van der Waals surface area contributed by atoms with E-state index in [9.17, 15) is 19.2 Å². The summed E-state index contributed by atoms with van der Waals surface area (Å²) in [7, 11) is 0. The molecule has 7 aromatic rings. The Morgan fingerprint density at radius 1 is 0.580 bits per heavy atom. The number of Topliss-reactive ketones (excluding diaryl/α,β-unsaturated/α-hetero) is 1. The number of allylic oxidation sites excluding steroid dienone is 2. The molecule has 22 heteroatoms. The van der Waals surface area contributed by atoms with Crippen molar-refractivity contribution < 1.29 is 14.4 Å². The number of fused-ring (bicyclic) bond motifs is 4. The van der Waals surface area contributed by atoms with E-state index >= 15 is 0 Å². The highest BCUT2D eigenvalue weighted by Crippen LogP contribution is 2.27. The van der Waals surface area contributed by atoms with Gasteiger partial charge in [0.05, 0.1) is 36.8 Å². The van der Waals surface area contributed by atoms with Crippen LogP contribution in [0.25, 0.3) is 33.4 Å². The highest BCUT2D eigenvalue weighted by Gasteiger charge is 2.28. The van der Waals surface area contributed by atoms with Crippen LogP contribution in [-0.2, 0) is 15.1 Å². The molecule has 0 atom stereocenters. The number of nitrogens with one attached hydrogen (secondary N) is 3. The molecular formula is C59H84N18O4. The Hall–Kier alpha value is -8.43. The maximum atomic E-state index is 11.5. The Bertz CT molecular complexity index is 3530. The summed E-state index contributed by atoms with van der Waals surface area (Å²) in [6.07, 6.45) is 11.0. The van der Waals surface area contributed by atoms with Crippen molar-refractivity contribution in [2.75, 3.05) is 5.32 Å². The third kappa shape index (κ3) is 15.5. The third-order valence-electron chi connectivity index (χ3n) is 13.0. The second-order valence-electron chi connectivity index (χ2n) is 22.5. The number of ketones is 1. The molecule has 0 saturated heterocycles. The van der Waals surface area contributed by atoms with E-state index in [1.54, 1.807) is 37.6 Å². The zero-order valence-corrected chi connectivity index (χ0v) is 51.4. The SMILES string of the molecule is C=C1N=C(C)C(C)=CN1C(C)C.C=C1NC(=O)c2ncn(C(C)(C)C)c2N1.CC1=CN(C(C)C)C(=O)CC1=O.Cc1nc(C)c2ccn(C(C)C)c2n1.Cc1nc(C)c2ncn(C(C)C)c2n1.Cc1nc2c(ncn2C(C)C)c(=O)[nH]1. The van der Waals surface area contributed by atoms with Crippen LogP contribution in [-0.4, -0.2) is 108 Å². The number of aromatic amines is 1. The number of rotatable bonds is 5. The molecule has 10 heterocycles. The van der Waals surface area contributed by atoms with Crippen molar-refractivity contribution in [3.8, 4) is 0 Å². The Morgan fingerprint density at radius 2 is 1.11 bits per heavy atom. The maximum absolute atomic E-state index is 11.5. The normalized spacial score (nSPS) is 14.3. The van der Waals surface area contributed by atoms with E-state index in [0.717, 1.165) is 56.8 Å². The maximum Gasteiger partial charge on any atom is 0.279 e. The number of aromatic nitrogens is 13. The minimum absolute atomic E-state index is 0.0283. The first-order valence-electron chi connectivity index (χ1n) is 27.2. The van der Waals surface area contributed by atoms with Crippen LogP contribution in [0.15, 0.2) is 89.4 Å². The van der Waals surface area contributed by atoms with Crippen LogP contribution in [0.2, 0.25) is 0 Å². The number of amides is 2. The quantitative estimate of drug-likeness (QED) is 0.136. The highest BCUT2D eigenvalue weighted by atomic mass is 16.2. The summed E-state index contributed by atoms with van der Waals surface area (Å²) < 4.78 is 8.05. The second kappa shape index (κ2) is 26.2. The van der Waals surface area contributed by atoms with Crippen LogP contribution in [0.4, 0.5) is 5.82 Å². The van der Waals surface area contributed by atoms with E-state index in [1.807, 2.05) is 98.5 Å². The van der Waals surface area contributed by atoms with Crippen molar-refractivity contribution in [2.24, 2.45) is 4.99 Å². The smallest absolute Gasteiger partial charge is 0.279 e. The first-order chi connectivity index (χ1) is 37.7. The number of imidazole rings is 3. The predicted molar refractivity (Wildman–Crippen MR) is 322 cm³/mol. The molecule has 434 valence electrons. The van der Waals surface area contributed by atoms with E-state index in [0.29, 0.717) is 58.0 Å². The lowest BCUT2D eigenvalue weighted by Crippen LogP contribution is -2.37. The molecule has 0 fully saturated rings. The summed E-state index contributed by atoms with van der Waals surface area (Å²) in [5.41, 5.74) is 9.04. The number of carbonyl (C=O) groups excluding carboxylic acids is 3. The average molecular weight is 1110 g/mol. The molecule has 0 saturated carbocycles. The number of carbonyl (C=O) groups is 3. The topological polar surface area (TPSA) is 250 Å². The summed E-state index contributed by atoms with van der Waals surface area (Å²) in [6.45, 7) is 49.9. The summed E-state index contributed by atoms with van der Waals surface area (Å²) in [4.78, 5) is 90.2. The molecule has 0 radical (unpaired) electrons. The summed E-state index contributed by atoms with van der Waals surface area (Å²) in [6, 6.07) is 3.75. The molecule has 3 aliphatic rings. The highest BCUT2D eigenvalue weighted by molar-refractivity contribution is 6.09. The van der Waals surface area contributed by atoms with Gasteiger partial charge in [0, 0.05) is 71.0 Å². The molecular weight excluding hydrogens is 1020 g/mol. The number of anilines is 1. The van der Waals surface area contributed by atoms with Gasteiger partial charge < -0.3 is 43.7 Å². The van der Waals surface area contributed by atoms with Gasteiger partial charge in [-0.25, -0.2) is 44.9 Å². The fourth-order valence-corrected chi connectivity index (χ4v) is 8.56. The first kappa shape index (κ1) is 63.4. The van der Waals surface area contributed by atoms with Crippen molar-refractivity contribution >= 4 is 62.5 Å². The van der Waals surface area contributed by atoms with Gasteiger partial charge in [0.15, 0.2) is 28.3 Å². The van der Waals surface area contributed by atoms with Crippen molar-refractivity contribution in [1.82, 2.24) is 78.2 Å². The van der Waals surface area contributed by atoms with Crippen molar-refractivity contribution in [3.63, 3.8) is 0 Å². The standard InChI is InChI=1S/C11H15N3.C10H14N4O.C10H14N4.C10H16N2.C9H12N4O.C9H13NO2/c1-7(2)14-6-5-10-8(3)12-9(4)13-11(10)14;1-6-12-8-7(9(15)13-6)11-5-14(8)10(2,3)4;1-6(2)14-5-11-9-7(3)12-8(4)13-10(9)14;1-7(2)12-6-8(3)9(4)11-10(12)5;1-5(2)13-4-10-7-8(13)11-6(3)12-9(7)14;1-6(2)10-5-7(3)8(11)4-9(10)12/h5-7H,1-4H3;5,12H,1H2,2-4H3,(H,13,15);5-6H,1-4H3;6-7H,5H2,1-4H3;4-5H,1-3H3,(H,11,12,14);5-6H,4H2,1-3H3. The van der Waals surface area contributed by atoms with Crippen molar-refractivity contribution in [2.45, 2.75) is 188 Å². The minimum atomic E-state index is -0.211. The lowest BCUT2D eigenvalue weighted by atomic mass is 10.1. The van der Waals surface area contributed by atoms with Crippen LogP contribution in [0.1, 0.15) is 175 Å². The van der Waals surface area contributed by atoms with E-state index in [1.165, 1.54) is 5.57 Å². The fraction of sp³-hybridized carbons (Fsp3) is 0.475. The first-order valence-corrected chi connectivity index (χ1v) is 27.2. The molecule has 3 N–H and O–H groups in total. The van der Waals surface area contributed by atoms with Gasteiger partial charge in [-0.2, -0.15) is 0 Å². The van der Waals surface area contributed by atoms with Crippen LogP contribution in [0, 0.1) is 34.6 Å². The molecule has 7 aromatic heterocycles. The van der Waals surface area contributed by atoms with Crippen LogP contribution < -0.4 is 16.2 Å². The number of hydrogen-bond acceptors (Lipinski definition) is 15. The number of aryl methyl sites for hydroxylation is 5. The van der Waals surface area contributed by atoms with E-state index in [-0.39, 0.29) is 47.2 Å². The average Bonchev–Trinajstić information content (AvgIpc) is 4.20. The van der Waals surface area contributed by atoms with Gasteiger partial charge in [-0.3, -0.25) is 19.2 Å². The van der Waals surface area contributed by atoms with E-state index < -0.39 is 0 Å². The summed E-state index contributed by atoms with van der Waals surface area (Å²) in [5, 5.41) is 6.76. The molecule has 3 aliphatic heterocycles. The van der Waals surface area contributed by atoms with Gasteiger partial charge in [-0.05, 0) is 157 Å². The van der Waals surface area contributed by atoms with E-state index in [4.69, 9.17) is 0 Å². The van der Waals surface area contributed by atoms with Crippen LogP contribution in [0.3, 0.4) is 0 Å². The molecule has 81 heavy (non-hydrogen) atoms. The Balaban J connectivity index is 0.000000179. The molecule has 0 spiro atoms. The second-order valence-corrected chi connectivity index (χ2v) is 22.5. The zero-order valence-electron chi connectivity index (χ0n) is 51.4. The van der Waals surface area contributed by atoms with Crippen LogP contribution in [0.5, 0.6) is 0 Å². The van der Waals surface area contributed by atoms with Gasteiger partial charge in [-0.1, -0.05) is 13.2 Å². The number of H-pyrrole nitrogens is 1. The summed E-state index contributed by atoms with van der Waals surface area (Å²) in [5.74, 6) is 3.93. The number of aliphatic imine (C=N–C) groups is 1. The Morgan fingerprint density at radius 3 is 1.67 bits per heavy atom. The molecule has 0 unspecified atom stereocenters. The van der Waals surface area contributed by atoms with Gasteiger partial charge in [0.2, 0.25) is 5.91 Å². The molecule has 0 aliphatic carbocycles. The monoisotopic (exact) mass is 1110 g/mol. The van der Waals surface area contributed by atoms with Gasteiger partial charge in [0.1, 0.15) is 46.1 Å². The lowest BCUT2D eigenvalue weighted by Gasteiger charge is -2.28. The number of hydrogen-bond donors (Lipinski definition) is 3. The van der Waals surface area contributed by atoms with Crippen molar-refractivity contribution in [1.29, 1.82) is 0 Å². The van der Waals surface area contributed by atoms with Gasteiger partial charge in [0.25, 0.3) is 11.5 Å². The largest absolute Gasteiger partial charge is 0.331 e. The Labute approximate surface area is 475 Å². The minimum Gasteiger partial charge on any atom is -0.331 e. The van der Waals surface area contributed by atoms with Crippen molar-refractivity contribution in [3.05, 3.63) is 124 Å². The molecule has 0 bridgehead atoms. The molecule has 0 aromatic carbocycles. The predicted octanol–water partition coefficient (Wildman–Crippen LogP) is 10.6. The third-order valence-corrected chi connectivity index (χ3v) is 13.0. The van der Waals surface area contributed by atoms with Gasteiger partial charge in [-0.15, -0.1) is 0 Å². The molecule has 2 amide bonds. The fourth-order valence-electron chi connectivity index (χ4n) is 8.56. The molecule has 10 rings (SSSR count). The lowest BCUT2D eigenvalue weighted by molar-refractivity contribution is -0.134.